The Labute approximate surface area is 158 Å². The van der Waals surface area contributed by atoms with Crippen molar-refractivity contribution in [3.63, 3.8) is 0 Å². The second-order valence-electron chi connectivity index (χ2n) is 5.54. The summed E-state index contributed by atoms with van der Waals surface area (Å²) in [4.78, 5) is 16.8. The van der Waals surface area contributed by atoms with Gasteiger partial charge in [-0.1, -0.05) is 32.0 Å². The highest BCUT2D eigenvalue weighted by Gasteiger charge is 2.19. The highest BCUT2D eigenvalue weighted by Crippen LogP contribution is 2.37. The van der Waals surface area contributed by atoms with Gasteiger partial charge < -0.3 is 14.5 Å². The van der Waals surface area contributed by atoms with Crippen molar-refractivity contribution in [2.24, 2.45) is 0 Å². The number of fused-ring (bicyclic) bond motifs is 3. The van der Waals surface area contributed by atoms with Crippen LogP contribution in [0.5, 0.6) is 5.75 Å². The molecule has 0 bridgehead atoms. The van der Waals surface area contributed by atoms with Crippen LogP contribution in [0.25, 0.3) is 21.9 Å². The van der Waals surface area contributed by atoms with Crippen molar-refractivity contribution in [1.29, 1.82) is 0 Å². The van der Waals surface area contributed by atoms with E-state index in [-0.39, 0.29) is 5.91 Å². The van der Waals surface area contributed by atoms with Crippen LogP contribution in [0, 0.1) is 0 Å². The molecule has 0 aliphatic heterocycles. The van der Waals surface area contributed by atoms with Gasteiger partial charge in [0.05, 0.1) is 12.2 Å². The first-order valence-corrected chi connectivity index (χ1v) is 9.06. The molecule has 0 saturated carbocycles. The summed E-state index contributed by atoms with van der Waals surface area (Å²) < 4.78 is 11.6. The monoisotopic (exact) mass is 362 g/mol. The molecule has 5 nitrogen and oxygen atoms in total. The number of rotatable bonds is 4. The fourth-order valence-corrected chi connectivity index (χ4v) is 2.90. The van der Waals surface area contributed by atoms with Gasteiger partial charge in [0, 0.05) is 28.9 Å². The number of para-hydroxylation sites is 1. The van der Waals surface area contributed by atoms with Crippen LogP contribution in [0.3, 0.4) is 0 Å². The standard InChI is InChI=1S/C20H16N2O3.C2H6/c1-2-24-17-8-7-15(20(23)22-13-9-11-21-12-10-13)18-14-5-3-4-6-16(14)25-19(17)18;1-2/h3-12H,2H2,1H3,(H,21,22,23);1-2H3. The van der Waals surface area contributed by atoms with Gasteiger partial charge in [-0.3, -0.25) is 9.78 Å². The van der Waals surface area contributed by atoms with E-state index in [4.69, 9.17) is 9.15 Å². The zero-order chi connectivity index (χ0) is 19.2. The van der Waals surface area contributed by atoms with Crippen LogP contribution < -0.4 is 10.1 Å². The Bertz CT molecular complexity index is 1060. The van der Waals surface area contributed by atoms with Gasteiger partial charge in [-0.05, 0) is 37.3 Å². The third-order valence-electron chi connectivity index (χ3n) is 3.97. The largest absolute Gasteiger partial charge is 0.490 e. The minimum absolute atomic E-state index is 0.203. The van der Waals surface area contributed by atoms with Gasteiger partial charge in [0.15, 0.2) is 11.3 Å². The van der Waals surface area contributed by atoms with E-state index in [1.165, 1.54) is 0 Å². The molecule has 138 valence electrons. The molecule has 4 rings (SSSR count). The van der Waals surface area contributed by atoms with Gasteiger partial charge in [0.1, 0.15) is 5.58 Å². The van der Waals surface area contributed by atoms with Crippen LogP contribution in [0.4, 0.5) is 5.69 Å². The van der Waals surface area contributed by atoms with Crippen LogP contribution in [0.15, 0.2) is 65.3 Å². The summed E-state index contributed by atoms with van der Waals surface area (Å²) in [6.07, 6.45) is 3.27. The molecule has 0 radical (unpaired) electrons. The van der Waals surface area contributed by atoms with E-state index >= 15 is 0 Å². The van der Waals surface area contributed by atoms with Crippen LogP contribution in [-0.2, 0) is 0 Å². The molecule has 27 heavy (non-hydrogen) atoms. The Balaban J connectivity index is 0.00000102. The number of pyridine rings is 1. The number of ether oxygens (including phenoxy) is 1. The fraction of sp³-hybridized carbons (Fsp3) is 0.182. The van der Waals surface area contributed by atoms with Gasteiger partial charge in [0.2, 0.25) is 0 Å². The molecule has 2 aromatic carbocycles. The van der Waals surface area contributed by atoms with Gasteiger partial charge in [-0.2, -0.15) is 0 Å². The van der Waals surface area contributed by atoms with Gasteiger partial charge in [0.25, 0.3) is 5.91 Å². The first kappa shape index (κ1) is 18.5. The van der Waals surface area contributed by atoms with Crippen LogP contribution >= 0.6 is 0 Å². The molecule has 1 amide bonds. The molecule has 0 saturated heterocycles. The molecule has 4 aromatic rings. The smallest absolute Gasteiger partial charge is 0.256 e. The molecule has 0 spiro atoms. The summed E-state index contributed by atoms with van der Waals surface area (Å²) in [5, 5.41) is 4.54. The number of nitrogens with zero attached hydrogens (tertiary/aromatic N) is 1. The second-order valence-corrected chi connectivity index (χ2v) is 5.54. The molecular weight excluding hydrogens is 340 g/mol. The lowest BCUT2D eigenvalue weighted by atomic mass is 10.0. The van der Waals surface area contributed by atoms with E-state index in [0.29, 0.717) is 29.2 Å². The molecule has 2 aromatic heterocycles. The first-order valence-electron chi connectivity index (χ1n) is 9.06. The molecule has 0 unspecified atom stereocenters. The second kappa shape index (κ2) is 8.36. The number of hydrogen-bond acceptors (Lipinski definition) is 4. The van der Waals surface area contributed by atoms with Crippen LogP contribution in [0.2, 0.25) is 0 Å². The average Bonchev–Trinajstić information content (AvgIpc) is 3.11. The van der Waals surface area contributed by atoms with Crippen molar-refractivity contribution in [3.8, 4) is 5.75 Å². The maximum atomic E-state index is 12.8. The van der Waals surface area contributed by atoms with Crippen molar-refractivity contribution < 1.29 is 13.9 Å². The number of carbonyl (C=O) groups is 1. The van der Waals surface area contributed by atoms with Crippen molar-refractivity contribution in [2.45, 2.75) is 20.8 Å². The summed E-state index contributed by atoms with van der Waals surface area (Å²) in [6, 6.07) is 14.7. The predicted octanol–water partition coefficient (Wildman–Crippen LogP) is 5.66. The minimum Gasteiger partial charge on any atom is -0.490 e. The zero-order valence-corrected chi connectivity index (χ0v) is 15.7. The third kappa shape index (κ3) is 3.62. The van der Waals surface area contributed by atoms with Crippen molar-refractivity contribution in [3.05, 3.63) is 66.5 Å². The molecule has 0 aliphatic rings. The number of amides is 1. The summed E-state index contributed by atoms with van der Waals surface area (Å²) in [5.74, 6) is 0.431. The Morgan fingerprint density at radius 2 is 1.81 bits per heavy atom. The summed E-state index contributed by atoms with van der Waals surface area (Å²) in [7, 11) is 0. The lowest BCUT2D eigenvalue weighted by molar-refractivity contribution is 0.102. The maximum absolute atomic E-state index is 12.8. The van der Waals surface area contributed by atoms with Crippen molar-refractivity contribution in [1.82, 2.24) is 4.98 Å². The van der Waals surface area contributed by atoms with Crippen molar-refractivity contribution in [2.75, 3.05) is 11.9 Å². The van der Waals surface area contributed by atoms with E-state index < -0.39 is 0 Å². The van der Waals surface area contributed by atoms with Crippen molar-refractivity contribution >= 4 is 33.5 Å². The predicted molar refractivity (Wildman–Crippen MR) is 108 cm³/mol. The topological polar surface area (TPSA) is 64.4 Å². The van der Waals surface area contributed by atoms with E-state index in [9.17, 15) is 4.79 Å². The van der Waals surface area contributed by atoms with E-state index in [1.54, 1.807) is 36.7 Å². The highest BCUT2D eigenvalue weighted by molar-refractivity contribution is 6.20. The van der Waals surface area contributed by atoms with Gasteiger partial charge in [-0.25, -0.2) is 0 Å². The number of anilines is 1. The quantitative estimate of drug-likeness (QED) is 0.509. The Hall–Kier alpha value is -3.34. The fourth-order valence-electron chi connectivity index (χ4n) is 2.90. The number of nitrogens with one attached hydrogen (secondary N) is 1. The van der Waals surface area contributed by atoms with Gasteiger partial charge in [-0.15, -0.1) is 0 Å². The van der Waals surface area contributed by atoms with E-state index in [1.807, 2.05) is 45.0 Å². The number of furan rings is 1. The number of aromatic nitrogens is 1. The molecule has 5 heteroatoms. The number of hydrogen-bond donors (Lipinski definition) is 1. The molecular formula is C22H22N2O3. The van der Waals surface area contributed by atoms with E-state index in [0.717, 1.165) is 16.4 Å². The van der Waals surface area contributed by atoms with Gasteiger partial charge >= 0.3 is 0 Å². The summed E-state index contributed by atoms with van der Waals surface area (Å²) in [6.45, 7) is 6.44. The summed E-state index contributed by atoms with van der Waals surface area (Å²) in [5.41, 5.74) is 2.54. The number of carbonyl (C=O) groups excluding carboxylic acids is 1. The first-order chi connectivity index (χ1) is 13.3. The maximum Gasteiger partial charge on any atom is 0.256 e. The normalized spacial score (nSPS) is 10.3. The Morgan fingerprint density at radius 3 is 2.56 bits per heavy atom. The number of benzene rings is 2. The zero-order valence-electron chi connectivity index (χ0n) is 15.7. The van der Waals surface area contributed by atoms with E-state index in [2.05, 4.69) is 10.3 Å². The molecule has 1 N–H and O–H groups in total. The average molecular weight is 362 g/mol. The van der Waals surface area contributed by atoms with Crippen LogP contribution in [0.1, 0.15) is 31.1 Å². The summed E-state index contributed by atoms with van der Waals surface area (Å²) >= 11 is 0. The Kier molecular flexibility index (Phi) is 5.71. The lowest BCUT2D eigenvalue weighted by Crippen LogP contribution is -2.12. The minimum atomic E-state index is -0.203. The highest BCUT2D eigenvalue weighted by atomic mass is 16.5. The SMILES string of the molecule is CC.CCOc1ccc(C(=O)Nc2ccncc2)c2c1oc1ccccc12. The Morgan fingerprint density at radius 1 is 1.07 bits per heavy atom. The van der Waals surface area contributed by atoms with Crippen LogP contribution in [-0.4, -0.2) is 17.5 Å². The third-order valence-corrected chi connectivity index (χ3v) is 3.97. The molecule has 0 atom stereocenters. The lowest BCUT2D eigenvalue weighted by Gasteiger charge is -2.09. The molecule has 0 aliphatic carbocycles. The molecule has 2 heterocycles. The molecule has 0 fully saturated rings.